The van der Waals surface area contributed by atoms with Gasteiger partial charge in [0.15, 0.2) is 0 Å². The van der Waals surface area contributed by atoms with Crippen LogP contribution in [-0.2, 0) is 16.0 Å². The van der Waals surface area contributed by atoms with E-state index in [0.717, 1.165) is 12.0 Å². The van der Waals surface area contributed by atoms with E-state index in [1.165, 1.54) is 19.2 Å². The van der Waals surface area contributed by atoms with Crippen LogP contribution < -0.4 is 5.32 Å². The second-order valence-electron chi connectivity index (χ2n) is 3.50. The monoisotopic (exact) mass is 245 g/mol. The number of benzene rings is 1. The molecule has 1 N–H and O–H groups in total. The largest absolute Gasteiger partial charge is 0.468 e. The summed E-state index contributed by atoms with van der Waals surface area (Å²) in [6.07, 6.45) is 0.809. The second kappa shape index (κ2) is 5.27. The molecule has 0 bridgehead atoms. The van der Waals surface area contributed by atoms with E-state index < -0.39 is 6.04 Å². The normalized spacial score (nSPS) is 18.2. The van der Waals surface area contributed by atoms with Gasteiger partial charge in [-0.05, 0) is 29.7 Å². The molecule has 0 saturated carbocycles. The first kappa shape index (κ1) is 12.9. The van der Waals surface area contributed by atoms with Gasteiger partial charge in [0.1, 0.15) is 11.9 Å². The highest BCUT2D eigenvalue weighted by Crippen LogP contribution is 2.24. The number of methoxy groups -OCH3 is 1. The highest BCUT2D eigenvalue weighted by atomic mass is 35.5. The molecule has 0 aromatic heterocycles. The molecule has 1 atom stereocenters. The van der Waals surface area contributed by atoms with Crippen molar-refractivity contribution < 1.29 is 13.9 Å². The highest BCUT2D eigenvalue weighted by Gasteiger charge is 2.26. The number of nitrogens with one attached hydrogen (secondary N) is 1. The van der Waals surface area contributed by atoms with E-state index in [-0.39, 0.29) is 24.2 Å². The van der Waals surface area contributed by atoms with Gasteiger partial charge in [0.2, 0.25) is 0 Å². The average molecular weight is 246 g/mol. The average Bonchev–Trinajstić information content (AvgIpc) is 2.27. The molecule has 0 unspecified atom stereocenters. The summed E-state index contributed by atoms with van der Waals surface area (Å²) in [6, 6.07) is 4.00. The van der Waals surface area contributed by atoms with Crippen LogP contribution >= 0.6 is 12.4 Å². The molecule has 0 radical (unpaired) electrons. The van der Waals surface area contributed by atoms with Gasteiger partial charge in [-0.1, -0.05) is 6.07 Å². The molecule has 0 aliphatic carbocycles. The lowest BCUT2D eigenvalue weighted by Crippen LogP contribution is -2.35. The molecule has 5 heteroatoms. The van der Waals surface area contributed by atoms with Gasteiger partial charge < -0.3 is 10.1 Å². The van der Waals surface area contributed by atoms with Crippen LogP contribution in [0.25, 0.3) is 0 Å². The zero-order valence-electron chi connectivity index (χ0n) is 8.83. The fraction of sp³-hybridized carbons (Fsp3) is 0.364. The lowest BCUT2D eigenvalue weighted by atomic mass is 9.94. The second-order valence-corrected chi connectivity index (χ2v) is 3.50. The number of hydrogen-bond acceptors (Lipinski definition) is 3. The van der Waals surface area contributed by atoms with Crippen LogP contribution in [0.1, 0.15) is 17.2 Å². The van der Waals surface area contributed by atoms with Crippen LogP contribution in [0.5, 0.6) is 0 Å². The lowest BCUT2D eigenvalue weighted by molar-refractivity contribution is -0.143. The number of rotatable bonds is 1. The number of carbonyl (C=O) groups excluding carboxylic acids is 1. The third-order valence-corrected chi connectivity index (χ3v) is 2.60. The summed E-state index contributed by atoms with van der Waals surface area (Å²) in [6.45, 7) is 0.707. The number of halogens is 2. The van der Waals surface area contributed by atoms with Gasteiger partial charge in [-0.15, -0.1) is 12.4 Å². The summed E-state index contributed by atoms with van der Waals surface area (Å²) >= 11 is 0. The van der Waals surface area contributed by atoms with Crippen molar-refractivity contribution in [1.29, 1.82) is 0 Å². The summed E-state index contributed by atoms with van der Waals surface area (Å²) in [5.41, 5.74) is 1.69. The number of esters is 1. The minimum absolute atomic E-state index is 0. The summed E-state index contributed by atoms with van der Waals surface area (Å²) in [5, 5.41) is 3.01. The third-order valence-electron chi connectivity index (χ3n) is 2.60. The van der Waals surface area contributed by atoms with Gasteiger partial charge in [-0.25, -0.2) is 9.18 Å². The van der Waals surface area contributed by atoms with Crippen molar-refractivity contribution in [3.63, 3.8) is 0 Å². The molecule has 1 aliphatic rings. The van der Waals surface area contributed by atoms with E-state index in [1.807, 2.05) is 0 Å². The topological polar surface area (TPSA) is 38.3 Å². The van der Waals surface area contributed by atoms with Crippen molar-refractivity contribution in [3.8, 4) is 0 Å². The molecule has 1 aromatic rings. The molecule has 2 rings (SSSR count). The maximum Gasteiger partial charge on any atom is 0.327 e. The van der Waals surface area contributed by atoms with E-state index in [2.05, 4.69) is 10.1 Å². The summed E-state index contributed by atoms with van der Waals surface area (Å²) in [4.78, 5) is 11.4. The van der Waals surface area contributed by atoms with E-state index in [9.17, 15) is 9.18 Å². The van der Waals surface area contributed by atoms with E-state index in [1.54, 1.807) is 6.07 Å². The van der Waals surface area contributed by atoms with Crippen molar-refractivity contribution in [2.75, 3.05) is 13.7 Å². The van der Waals surface area contributed by atoms with Crippen molar-refractivity contribution in [1.82, 2.24) is 5.32 Å². The Balaban J connectivity index is 0.00000128. The van der Waals surface area contributed by atoms with Crippen molar-refractivity contribution in [2.24, 2.45) is 0 Å². The molecule has 3 nitrogen and oxygen atoms in total. The Kier molecular flexibility index (Phi) is 4.26. The van der Waals surface area contributed by atoms with Crippen LogP contribution in [0.2, 0.25) is 0 Å². The molecule has 0 spiro atoms. The van der Waals surface area contributed by atoms with Gasteiger partial charge >= 0.3 is 5.97 Å². The SMILES string of the molecule is COC(=O)[C@H]1NCCc2ccc(F)cc21.Cl. The fourth-order valence-corrected chi connectivity index (χ4v) is 1.85. The minimum atomic E-state index is -0.533. The number of carbonyl (C=O) groups is 1. The first-order valence-corrected chi connectivity index (χ1v) is 4.82. The Bertz CT molecular complexity index is 398. The molecule has 16 heavy (non-hydrogen) atoms. The van der Waals surface area contributed by atoms with Crippen molar-refractivity contribution in [2.45, 2.75) is 12.5 Å². The summed E-state index contributed by atoms with van der Waals surface area (Å²) in [5.74, 6) is -0.701. The third kappa shape index (κ3) is 2.33. The van der Waals surface area contributed by atoms with Crippen LogP contribution in [0.15, 0.2) is 18.2 Å². The summed E-state index contributed by atoms with van der Waals surface area (Å²) in [7, 11) is 1.33. The molecule has 1 aliphatic heterocycles. The van der Waals surface area contributed by atoms with Gasteiger partial charge in [0, 0.05) is 6.54 Å². The molecule has 88 valence electrons. The van der Waals surface area contributed by atoms with Crippen LogP contribution in [0, 0.1) is 5.82 Å². The Labute approximate surface area is 99.4 Å². The molecule has 1 aromatic carbocycles. The molecule has 1 heterocycles. The lowest BCUT2D eigenvalue weighted by Gasteiger charge is -2.24. The predicted octanol–water partition coefficient (Wildman–Crippen LogP) is 1.61. The number of fused-ring (bicyclic) bond motifs is 1. The Morgan fingerprint density at radius 2 is 2.31 bits per heavy atom. The smallest absolute Gasteiger partial charge is 0.327 e. The minimum Gasteiger partial charge on any atom is -0.468 e. The van der Waals surface area contributed by atoms with E-state index in [0.29, 0.717) is 12.1 Å². The van der Waals surface area contributed by atoms with Gasteiger partial charge in [0.05, 0.1) is 7.11 Å². The Hall–Kier alpha value is -1.13. The zero-order valence-corrected chi connectivity index (χ0v) is 9.64. The van der Waals surface area contributed by atoms with Gasteiger partial charge in [-0.2, -0.15) is 0 Å². The fourth-order valence-electron chi connectivity index (χ4n) is 1.85. The molecule has 0 fully saturated rings. The maximum absolute atomic E-state index is 13.1. The van der Waals surface area contributed by atoms with Crippen LogP contribution in [-0.4, -0.2) is 19.6 Å². The first-order chi connectivity index (χ1) is 7.22. The van der Waals surface area contributed by atoms with Crippen LogP contribution in [0.4, 0.5) is 4.39 Å². The number of hydrogen-bond donors (Lipinski definition) is 1. The Morgan fingerprint density at radius 3 is 3.00 bits per heavy atom. The highest BCUT2D eigenvalue weighted by molar-refractivity contribution is 5.85. The Morgan fingerprint density at radius 1 is 1.56 bits per heavy atom. The molecular formula is C11H13ClFNO2. The zero-order chi connectivity index (χ0) is 10.8. The molecular weight excluding hydrogens is 233 g/mol. The predicted molar refractivity (Wildman–Crippen MR) is 60.1 cm³/mol. The summed E-state index contributed by atoms with van der Waals surface area (Å²) < 4.78 is 17.7. The van der Waals surface area contributed by atoms with E-state index in [4.69, 9.17) is 0 Å². The van der Waals surface area contributed by atoms with E-state index >= 15 is 0 Å². The number of ether oxygens (including phenoxy) is 1. The van der Waals surface area contributed by atoms with Crippen molar-refractivity contribution in [3.05, 3.63) is 35.1 Å². The van der Waals surface area contributed by atoms with Crippen LogP contribution in [0.3, 0.4) is 0 Å². The van der Waals surface area contributed by atoms with Gasteiger partial charge in [-0.3, -0.25) is 0 Å². The standard InChI is InChI=1S/C11H12FNO2.ClH/c1-15-11(14)10-9-6-8(12)3-2-7(9)4-5-13-10;/h2-3,6,10,13H,4-5H2,1H3;1H/t10-;/m0./s1. The quantitative estimate of drug-likeness (QED) is 0.764. The van der Waals surface area contributed by atoms with Crippen molar-refractivity contribution >= 4 is 18.4 Å². The molecule has 0 amide bonds. The molecule has 0 saturated heterocycles. The van der Waals surface area contributed by atoms with Gasteiger partial charge in [0.25, 0.3) is 0 Å². The maximum atomic E-state index is 13.1. The first-order valence-electron chi connectivity index (χ1n) is 4.82.